The number of halogens is 4. The molecular formula is C22H30BrF3N2O3. The van der Waals surface area contributed by atoms with Crippen molar-refractivity contribution in [3.63, 3.8) is 0 Å². The number of carbonyl (C=O) groups is 2. The minimum Gasteiger partial charge on any atom is -0.444 e. The van der Waals surface area contributed by atoms with Gasteiger partial charge < -0.3 is 15.0 Å². The number of nitrogens with one attached hydrogen (secondary N) is 1. The van der Waals surface area contributed by atoms with Crippen LogP contribution < -0.4 is 5.32 Å². The first-order valence-corrected chi connectivity index (χ1v) is 11.1. The lowest BCUT2D eigenvalue weighted by molar-refractivity contribution is -0.191. The second-order valence-corrected chi connectivity index (χ2v) is 9.96. The maximum absolute atomic E-state index is 13.8. The maximum atomic E-state index is 13.8. The van der Waals surface area contributed by atoms with Gasteiger partial charge in [0.1, 0.15) is 5.60 Å². The van der Waals surface area contributed by atoms with Gasteiger partial charge in [-0.25, -0.2) is 4.79 Å². The summed E-state index contributed by atoms with van der Waals surface area (Å²) in [6, 6.07) is 3.85. The van der Waals surface area contributed by atoms with Crippen molar-refractivity contribution in [1.82, 2.24) is 10.2 Å². The molecule has 1 N–H and O–H groups in total. The average molecular weight is 507 g/mol. The largest absolute Gasteiger partial charge is 0.444 e. The molecular weight excluding hydrogens is 477 g/mol. The minimum atomic E-state index is -4.58. The van der Waals surface area contributed by atoms with Crippen molar-refractivity contribution < 1.29 is 27.5 Å². The summed E-state index contributed by atoms with van der Waals surface area (Å²) in [4.78, 5) is 25.5. The zero-order chi connectivity index (χ0) is 23.4. The van der Waals surface area contributed by atoms with Gasteiger partial charge in [0, 0.05) is 24.0 Å². The first-order chi connectivity index (χ1) is 14.3. The summed E-state index contributed by atoms with van der Waals surface area (Å²) in [5.74, 6) is -0.779. The standard InChI is InChI=1S/C22H30BrF3N2O3/c1-21(2,3)31-20(30)27-13-14-5-7-16(8-6-14)19(29)28(4)18(22(24,25)26)15-9-11-17(23)12-10-15/h9-12,14,16,18H,5-8,13H2,1-4H3,(H,27,30)/t14?,16?,18-/m0/s1. The van der Waals surface area contributed by atoms with E-state index >= 15 is 0 Å². The predicted octanol–water partition coefficient (Wildman–Crippen LogP) is 5.84. The van der Waals surface area contributed by atoms with Crippen LogP contribution in [-0.2, 0) is 9.53 Å². The first-order valence-electron chi connectivity index (χ1n) is 10.3. The van der Waals surface area contributed by atoms with Crippen molar-refractivity contribution in [3.05, 3.63) is 34.3 Å². The molecule has 1 atom stereocenters. The van der Waals surface area contributed by atoms with Crippen molar-refractivity contribution in [2.45, 2.75) is 64.3 Å². The third-order valence-corrected chi connectivity index (χ3v) is 5.89. The lowest BCUT2D eigenvalue weighted by Crippen LogP contribution is -2.43. The van der Waals surface area contributed by atoms with Gasteiger partial charge in [0.05, 0.1) is 0 Å². The fourth-order valence-corrected chi connectivity index (χ4v) is 4.11. The molecule has 0 unspecified atom stereocenters. The van der Waals surface area contributed by atoms with Gasteiger partial charge in [-0.1, -0.05) is 28.1 Å². The average Bonchev–Trinajstić information content (AvgIpc) is 2.65. The van der Waals surface area contributed by atoms with Crippen LogP contribution in [0.25, 0.3) is 0 Å². The fraction of sp³-hybridized carbons (Fsp3) is 0.636. The molecule has 0 aliphatic heterocycles. The van der Waals surface area contributed by atoms with Gasteiger partial charge in [-0.2, -0.15) is 13.2 Å². The molecule has 2 rings (SSSR count). The quantitative estimate of drug-likeness (QED) is 0.545. The number of amides is 2. The molecule has 0 bridgehead atoms. The van der Waals surface area contributed by atoms with Crippen molar-refractivity contribution in [2.24, 2.45) is 11.8 Å². The second kappa shape index (κ2) is 10.2. The van der Waals surface area contributed by atoms with Crippen LogP contribution in [0, 0.1) is 11.8 Å². The van der Waals surface area contributed by atoms with E-state index in [1.165, 1.54) is 31.3 Å². The molecule has 9 heteroatoms. The van der Waals surface area contributed by atoms with Gasteiger partial charge in [0.2, 0.25) is 5.91 Å². The summed E-state index contributed by atoms with van der Waals surface area (Å²) in [6.07, 6.45) is -2.76. The van der Waals surface area contributed by atoms with Crippen LogP contribution in [0.3, 0.4) is 0 Å². The molecule has 0 radical (unpaired) electrons. The Morgan fingerprint density at radius 1 is 1.13 bits per heavy atom. The summed E-state index contributed by atoms with van der Waals surface area (Å²) < 4.78 is 47.2. The Kier molecular flexibility index (Phi) is 8.41. The molecule has 1 aliphatic carbocycles. The highest BCUT2D eigenvalue weighted by atomic mass is 79.9. The fourth-order valence-electron chi connectivity index (χ4n) is 3.85. The van der Waals surface area contributed by atoms with E-state index in [2.05, 4.69) is 21.2 Å². The highest BCUT2D eigenvalue weighted by molar-refractivity contribution is 9.10. The Labute approximate surface area is 189 Å². The smallest absolute Gasteiger partial charge is 0.413 e. The molecule has 174 valence electrons. The Bertz CT molecular complexity index is 755. The Hall–Kier alpha value is -1.77. The van der Waals surface area contributed by atoms with E-state index < -0.39 is 35.7 Å². The van der Waals surface area contributed by atoms with E-state index in [0.29, 0.717) is 36.7 Å². The molecule has 1 aromatic carbocycles. The van der Waals surface area contributed by atoms with Crippen molar-refractivity contribution >= 4 is 27.9 Å². The van der Waals surface area contributed by atoms with E-state index in [4.69, 9.17) is 4.74 Å². The van der Waals surface area contributed by atoms with Gasteiger partial charge >= 0.3 is 12.3 Å². The van der Waals surface area contributed by atoms with Gasteiger partial charge in [-0.05, 0) is 70.1 Å². The van der Waals surface area contributed by atoms with Gasteiger partial charge in [-0.3, -0.25) is 4.79 Å². The van der Waals surface area contributed by atoms with Gasteiger partial charge in [-0.15, -0.1) is 0 Å². The predicted molar refractivity (Wildman–Crippen MR) is 115 cm³/mol. The Balaban J connectivity index is 1.94. The number of ether oxygens (including phenoxy) is 1. The van der Waals surface area contributed by atoms with Crippen LogP contribution in [-0.4, -0.2) is 42.3 Å². The first kappa shape index (κ1) is 25.5. The summed E-state index contributed by atoms with van der Waals surface area (Å²) in [7, 11) is 1.22. The molecule has 1 aromatic rings. The van der Waals surface area contributed by atoms with Crippen LogP contribution in [0.5, 0.6) is 0 Å². The monoisotopic (exact) mass is 506 g/mol. The Morgan fingerprint density at radius 3 is 2.16 bits per heavy atom. The molecule has 1 fully saturated rings. The topological polar surface area (TPSA) is 58.6 Å². The van der Waals surface area contributed by atoms with Crippen LogP contribution >= 0.6 is 15.9 Å². The third kappa shape index (κ3) is 7.70. The molecule has 1 saturated carbocycles. The lowest BCUT2D eigenvalue weighted by Gasteiger charge is -2.35. The molecule has 0 spiro atoms. The van der Waals surface area contributed by atoms with Crippen molar-refractivity contribution in [2.75, 3.05) is 13.6 Å². The van der Waals surface area contributed by atoms with E-state index in [9.17, 15) is 22.8 Å². The van der Waals surface area contributed by atoms with Gasteiger partial charge in [0.25, 0.3) is 0 Å². The number of hydrogen-bond acceptors (Lipinski definition) is 3. The second-order valence-electron chi connectivity index (χ2n) is 9.05. The highest BCUT2D eigenvalue weighted by Crippen LogP contribution is 2.39. The van der Waals surface area contributed by atoms with Crippen LogP contribution in [0.2, 0.25) is 0 Å². The van der Waals surface area contributed by atoms with Crippen molar-refractivity contribution in [1.29, 1.82) is 0 Å². The number of alkyl halides is 3. The number of hydrogen-bond donors (Lipinski definition) is 1. The zero-order valence-electron chi connectivity index (χ0n) is 18.3. The summed E-state index contributed by atoms with van der Waals surface area (Å²) in [6.45, 7) is 5.77. The van der Waals surface area contributed by atoms with E-state index in [1.54, 1.807) is 20.8 Å². The third-order valence-electron chi connectivity index (χ3n) is 5.36. The van der Waals surface area contributed by atoms with E-state index in [0.717, 1.165) is 4.90 Å². The number of alkyl carbamates (subject to hydrolysis) is 1. The van der Waals surface area contributed by atoms with Crippen LogP contribution in [0.1, 0.15) is 58.1 Å². The number of rotatable bonds is 5. The summed E-state index contributed by atoms with van der Waals surface area (Å²) in [5, 5.41) is 2.73. The lowest BCUT2D eigenvalue weighted by atomic mass is 9.81. The normalized spacial score (nSPS) is 20.6. The molecule has 0 saturated heterocycles. The number of nitrogens with zero attached hydrogens (tertiary/aromatic N) is 1. The molecule has 2 amide bonds. The van der Waals surface area contributed by atoms with E-state index in [-0.39, 0.29) is 11.5 Å². The molecule has 5 nitrogen and oxygen atoms in total. The summed E-state index contributed by atoms with van der Waals surface area (Å²) in [5.41, 5.74) is -0.551. The number of carbonyl (C=O) groups excluding carboxylic acids is 2. The molecule has 31 heavy (non-hydrogen) atoms. The SMILES string of the molecule is CN(C(=O)C1CCC(CNC(=O)OC(C)(C)C)CC1)[C@@H](c1ccc(Br)cc1)C(F)(F)F. The molecule has 0 aromatic heterocycles. The van der Waals surface area contributed by atoms with Gasteiger partial charge in [0.15, 0.2) is 6.04 Å². The minimum absolute atomic E-state index is 0.0294. The summed E-state index contributed by atoms with van der Waals surface area (Å²) >= 11 is 3.22. The van der Waals surface area contributed by atoms with Crippen LogP contribution in [0.15, 0.2) is 28.7 Å². The molecule has 0 heterocycles. The van der Waals surface area contributed by atoms with Crippen LogP contribution in [0.4, 0.5) is 18.0 Å². The maximum Gasteiger partial charge on any atom is 0.413 e. The Morgan fingerprint density at radius 2 is 1.68 bits per heavy atom. The highest BCUT2D eigenvalue weighted by Gasteiger charge is 2.46. The molecule has 1 aliphatic rings. The van der Waals surface area contributed by atoms with Crippen molar-refractivity contribution in [3.8, 4) is 0 Å². The zero-order valence-corrected chi connectivity index (χ0v) is 19.8. The van der Waals surface area contributed by atoms with E-state index in [1.807, 2.05) is 0 Å². The number of benzene rings is 1.